The summed E-state index contributed by atoms with van der Waals surface area (Å²) in [6.45, 7) is 0.909. The maximum atomic E-state index is 11.9. The third-order valence-corrected chi connectivity index (χ3v) is 7.27. The molecule has 5 heteroatoms. The van der Waals surface area contributed by atoms with E-state index < -0.39 is 15.1 Å². The lowest BCUT2D eigenvalue weighted by molar-refractivity contribution is 0.504. The Morgan fingerprint density at radius 2 is 1.38 bits per heavy atom. The van der Waals surface area contributed by atoms with Crippen LogP contribution in [0.25, 0.3) is 0 Å². The van der Waals surface area contributed by atoms with Crippen molar-refractivity contribution in [3.05, 3.63) is 0 Å². The van der Waals surface area contributed by atoms with Gasteiger partial charge in [0.1, 0.15) is 8.07 Å². The first kappa shape index (κ1) is 12.6. The molecular formula is C8H15BF3Si-. The van der Waals surface area contributed by atoms with Crippen molar-refractivity contribution in [2.45, 2.75) is 38.9 Å². The fraction of sp³-hybridized carbons (Fsp3) is 0.750. The Morgan fingerprint density at radius 1 is 1.00 bits per heavy atom. The van der Waals surface area contributed by atoms with Crippen LogP contribution in [0, 0.1) is 11.4 Å². The van der Waals surface area contributed by atoms with E-state index in [1.54, 1.807) is 0 Å². The quantitative estimate of drug-likeness (QED) is 0.491. The molecule has 0 aliphatic rings. The Kier molecular flexibility index (Phi) is 4.62. The molecule has 0 fully saturated rings. The molecule has 0 atom stereocenters. The zero-order valence-corrected chi connectivity index (χ0v) is 9.33. The predicted octanol–water partition coefficient (Wildman–Crippen LogP) is 3.42. The smallest absolute Gasteiger partial charge is 0.438 e. The molecule has 0 amide bonds. The van der Waals surface area contributed by atoms with Gasteiger partial charge in [-0.2, -0.15) is 5.54 Å². The molecule has 0 heterocycles. The van der Waals surface area contributed by atoms with Crippen LogP contribution in [0.5, 0.6) is 0 Å². The van der Waals surface area contributed by atoms with E-state index in [1.807, 2.05) is 20.8 Å². The highest BCUT2D eigenvalue weighted by atomic mass is 28.3. The van der Waals surface area contributed by atoms with Gasteiger partial charge >= 0.3 is 6.98 Å². The summed E-state index contributed by atoms with van der Waals surface area (Å²) in [6, 6.07) is 2.46. The van der Waals surface area contributed by atoms with Crippen LogP contribution in [0.1, 0.15) is 20.8 Å². The van der Waals surface area contributed by atoms with Crippen LogP contribution in [0.4, 0.5) is 12.9 Å². The van der Waals surface area contributed by atoms with Gasteiger partial charge in [0.05, 0.1) is 0 Å². The molecule has 76 valence electrons. The molecule has 0 saturated heterocycles. The summed E-state index contributed by atoms with van der Waals surface area (Å²) < 4.78 is 35.7. The Balaban J connectivity index is 4.66. The maximum absolute atomic E-state index is 11.9. The molecular weight excluding hydrogens is 192 g/mol. The second-order valence-electron chi connectivity index (χ2n) is 3.19. The summed E-state index contributed by atoms with van der Waals surface area (Å²) in [5.41, 5.74) is 2.51. The molecule has 0 unspecified atom stereocenters. The van der Waals surface area contributed by atoms with Gasteiger partial charge in [-0.15, -0.1) is 0 Å². The summed E-state index contributed by atoms with van der Waals surface area (Å²) in [5.74, 6) is 1.49. The molecule has 0 aliphatic carbocycles. The minimum Gasteiger partial charge on any atom is -0.438 e. The highest BCUT2D eigenvalue weighted by Gasteiger charge is 2.26. The Morgan fingerprint density at radius 3 is 1.62 bits per heavy atom. The van der Waals surface area contributed by atoms with Crippen molar-refractivity contribution in [3.8, 4) is 11.4 Å². The van der Waals surface area contributed by atoms with E-state index in [4.69, 9.17) is 0 Å². The van der Waals surface area contributed by atoms with E-state index in [2.05, 4.69) is 5.54 Å². The van der Waals surface area contributed by atoms with Gasteiger partial charge in [-0.25, -0.2) is 5.82 Å². The van der Waals surface area contributed by atoms with E-state index in [-0.39, 0.29) is 0 Å². The number of hydrogen-bond acceptors (Lipinski definition) is 0. The normalized spacial score (nSPS) is 12.2. The summed E-state index contributed by atoms with van der Waals surface area (Å²) in [4.78, 5) is 0. The molecule has 0 aromatic carbocycles. The molecule has 13 heavy (non-hydrogen) atoms. The molecule has 0 bridgehead atoms. The minimum absolute atomic E-state index is 0.819. The van der Waals surface area contributed by atoms with Crippen molar-refractivity contribution in [1.29, 1.82) is 0 Å². The van der Waals surface area contributed by atoms with Crippen molar-refractivity contribution in [1.82, 2.24) is 0 Å². The van der Waals surface area contributed by atoms with Crippen LogP contribution in [0.2, 0.25) is 18.1 Å². The number of hydrogen-bond donors (Lipinski definition) is 0. The van der Waals surface area contributed by atoms with Gasteiger partial charge in [0.15, 0.2) is 0 Å². The first-order valence-corrected chi connectivity index (χ1v) is 7.25. The van der Waals surface area contributed by atoms with E-state index in [0.717, 1.165) is 18.1 Å². The van der Waals surface area contributed by atoms with Gasteiger partial charge < -0.3 is 12.9 Å². The predicted molar refractivity (Wildman–Crippen MR) is 54.1 cm³/mol. The van der Waals surface area contributed by atoms with Crippen molar-refractivity contribution >= 4 is 15.1 Å². The lowest BCUT2D eigenvalue weighted by Crippen LogP contribution is -2.30. The average Bonchev–Trinajstić information content (AvgIpc) is 2.06. The monoisotopic (exact) mass is 207 g/mol. The van der Waals surface area contributed by atoms with Gasteiger partial charge in [0.25, 0.3) is 0 Å². The van der Waals surface area contributed by atoms with Crippen LogP contribution in [0.15, 0.2) is 0 Å². The maximum Gasteiger partial charge on any atom is 0.557 e. The Bertz CT molecular complexity index is 201. The van der Waals surface area contributed by atoms with E-state index >= 15 is 0 Å². The zero-order valence-electron chi connectivity index (χ0n) is 8.33. The van der Waals surface area contributed by atoms with Crippen LogP contribution in [-0.2, 0) is 0 Å². The first-order chi connectivity index (χ1) is 5.89. The zero-order chi connectivity index (χ0) is 10.5. The Labute approximate surface area is 79.0 Å². The van der Waals surface area contributed by atoms with Crippen molar-refractivity contribution in [2.24, 2.45) is 0 Å². The van der Waals surface area contributed by atoms with Crippen LogP contribution in [-0.4, -0.2) is 15.1 Å². The molecule has 0 nitrogen and oxygen atoms in total. The lowest BCUT2D eigenvalue weighted by atomic mass is 9.95. The molecule has 0 N–H and O–H groups in total. The highest BCUT2D eigenvalue weighted by molar-refractivity contribution is 6.88. The fourth-order valence-electron chi connectivity index (χ4n) is 1.25. The molecule has 0 aromatic rings. The van der Waals surface area contributed by atoms with Gasteiger partial charge in [-0.05, 0) is 18.1 Å². The second-order valence-corrected chi connectivity index (χ2v) is 8.12. The third-order valence-electron chi connectivity index (χ3n) is 2.53. The van der Waals surface area contributed by atoms with Crippen molar-refractivity contribution in [3.63, 3.8) is 0 Å². The largest absolute Gasteiger partial charge is 0.557 e. The topological polar surface area (TPSA) is 0 Å². The molecule has 0 radical (unpaired) electrons. The van der Waals surface area contributed by atoms with Crippen molar-refractivity contribution in [2.75, 3.05) is 0 Å². The number of rotatable bonds is 3. The second kappa shape index (κ2) is 4.75. The minimum atomic E-state index is -4.92. The van der Waals surface area contributed by atoms with Gasteiger partial charge in [-0.1, -0.05) is 20.8 Å². The standard InChI is InChI=1S/C8H15BF3Si/c1-4-13(5-2,6-3)8-7-9(10,11)12/h4-6H2,1-3H3/q-1. The summed E-state index contributed by atoms with van der Waals surface area (Å²) in [7, 11) is -1.89. The lowest BCUT2D eigenvalue weighted by Gasteiger charge is -2.21. The van der Waals surface area contributed by atoms with Crippen LogP contribution in [0.3, 0.4) is 0 Å². The average molecular weight is 207 g/mol. The molecule has 0 aromatic heterocycles. The summed E-state index contributed by atoms with van der Waals surface area (Å²) in [6.07, 6.45) is 0. The number of halogens is 3. The summed E-state index contributed by atoms with van der Waals surface area (Å²) in [5, 5.41) is 0. The third kappa shape index (κ3) is 4.42. The van der Waals surface area contributed by atoms with Gasteiger partial charge in [0.2, 0.25) is 0 Å². The fourth-order valence-corrected chi connectivity index (χ4v) is 3.75. The highest BCUT2D eigenvalue weighted by Crippen LogP contribution is 2.19. The molecule has 0 saturated carbocycles. The van der Waals surface area contributed by atoms with Crippen molar-refractivity contribution < 1.29 is 12.9 Å². The van der Waals surface area contributed by atoms with E-state index in [9.17, 15) is 12.9 Å². The Hall–Kier alpha value is -0.368. The van der Waals surface area contributed by atoms with E-state index in [1.165, 1.54) is 5.82 Å². The molecule has 0 aliphatic heterocycles. The van der Waals surface area contributed by atoms with E-state index in [0.29, 0.717) is 0 Å². The molecule has 0 rings (SSSR count). The SMILES string of the molecule is CC[Si](C#C[B-](F)(F)F)(CC)CC. The van der Waals surface area contributed by atoms with Crippen LogP contribution >= 0.6 is 0 Å². The first-order valence-electron chi connectivity index (χ1n) is 4.63. The van der Waals surface area contributed by atoms with Gasteiger partial charge in [0, 0.05) is 0 Å². The van der Waals surface area contributed by atoms with Crippen LogP contribution < -0.4 is 0 Å². The molecule has 0 spiro atoms. The van der Waals surface area contributed by atoms with Gasteiger partial charge in [-0.3, -0.25) is 0 Å². The summed E-state index contributed by atoms with van der Waals surface area (Å²) >= 11 is 0.